The molecule has 2 rings (SSSR count). The van der Waals surface area contributed by atoms with Crippen LogP contribution in [-0.4, -0.2) is 18.7 Å². The van der Waals surface area contributed by atoms with Gasteiger partial charge in [-0.1, -0.05) is 37.8 Å². The molecule has 4 heteroatoms. The summed E-state index contributed by atoms with van der Waals surface area (Å²) < 4.78 is 10.9. The maximum atomic E-state index is 6.23. The molecule has 1 heterocycles. The fourth-order valence-electron chi connectivity index (χ4n) is 2.21. The van der Waals surface area contributed by atoms with Crippen molar-refractivity contribution in [2.24, 2.45) is 0 Å². The van der Waals surface area contributed by atoms with Gasteiger partial charge in [0.2, 0.25) is 0 Å². The summed E-state index contributed by atoms with van der Waals surface area (Å²) in [5.41, 5.74) is 1.77. The van der Waals surface area contributed by atoms with Crippen molar-refractivity contribution < 1.29 is 9.47 Å². The van der Waals surface area contributed by atoms with E-state index in [9.17, 15) is 0 Å². The third-order valence-electron chi connectivity index (χ3n) is 3.45. The van der Waals surface area contributed by atoms with Crippen LogP contribution in [0, 0.1) is 0 Å². The number of ether oxygens (including phenoxy) is 2. The average Bonchev–Trinajstić information content (AvgIpc) is 2.50. The van der Waals surface area contributed by atoms with Crippen LogP contribution in [-0.2, 0) is 11.3 Å². The van der Waals surface area contributed by atoms with E-state index >= 15 is 0 Å². The molecule has 0 fully saturated rings. The highest BCUT2D eigenvalue weighted by Gasteiger charge is 2.06. The lowest BCUT2D eigenvalue weighted by molar-refractivity contribution is 0.117. The molecule has 0 aliphatic carbocycles. The molecule has 3 nitrogen and oxygen atoms in total. The summed E-state index contributed by atoms with van der Waals surface area (Å²) in [6.45, 7) is 3.49. The Hall–Kier alpha value is -1.32. The highest BCUT2D eigenvalue weighted by molar-refractivity contribution is 6.30. The third-order valence-corrected chi connectivity index (χ3v) is 3.78. The second-order valence-electron chi connectivity index (χ2n) is 5.11. The Morgan fingerprint density at radius 3 is 2.76 bits per heavy atom. The molecule has 0 amide bonds. The number of benzene rings is 1. The van der Waals surface area contributed by atoms with E-state index < -0.39 is 0 Å². The van der Waals surface area contributed by atoms with E-state index in [1.54, 1.807) is 7.11 Å². The van der Waals surface area contributed by atoms with Crippen LogP contribution >= 0.6 is 11.6 Å². The van der Waals surface area contributed by atoms with Crippen LogP contribution in [0.2, 0.25) is 5.15 Å². The molecule has 0 radical (unpaired) electrons. The topological polar surface area (TPSA) is 31.4 Å². The van der Waals surface area contributed by atoms with Gasteiger partial charge in [0, 0.05) is 23.6 Å². The first-order valence-corrected chi connectivity index (χ1v) is 7.83. The van der Waals surface area contributed by atoms with Gasteiger partial charge in [0.15, 0.2) is 0 Å². The van der Waals surface area contributed by atoms with Gasteiger partial charge < -0.3 is 9.47 Å². The van der Waals surface area contributed by atoms with Crippen molar-refractivity contribution in [2.45, 2.75) is 39.2 Å². The van der Waals surface area contributed by atoms with Crippen LogP contribution in [0.5, 0.6) is 5.75 Å². The smallest absolute Gasteiger partial charge is 0.135 e. The maximum absolute atomic E-state index is 6.23. The van der Waals surface area contributed by atoms with Crippen molar-refractivity contribution in [3.63, 3.8) is 0 Å². The summed E-state index contributed by atoms with van der Waals surface area (Å²) in [6.07, 6.45) is 4.83. The van der Waals surface area contributed by atoms with E-state index in [4.69, 9.17) is 21.1 Å². The minimum Gasteiger partial charge on any atom is -0.497 e. The lowest BCUT2D eigenvalue weighted by Gasteiger charge is -2.08. The molecule has 0 unspecified atom stereocenters. The molecule has 0 saturated carbocycles. The van der Waals surface area contributed by atoms with Gasteiger partial charge >= 0.3 is 0 Å². The lowest BCUT2D eigenvalue weighted by Crippen LogP contribution is -1.98. The number of pyridine rings is 1. The predicted molar refractivity (Wildman–Crippen MR) is 87.1 cm³/mol. The number of rotatable bonds is 8. The molecule has 0 saturated heterocycles. The molecular formula is C17H22ClNO2. The largest absolute Gasteiger partial charge is 0.497 e. The molecule has 21 heavy (non-hydrogen) atoms. The molecule has 2 aromatic rings. The summed E-state index contributed by atoms with van der Waals surface area (Å²) in [5, 5.41) is 1.55. The lowest BCUT2D eigenvalue weighted by atomic mass is 10.1. The van der Waals surface area contributed by atoms with Crippen LogP contribution < -0.4 is 4.74 Å². The predicted octanol–water partition coefficient (Wildman–Crippen LogP) is 4.99. The van der Waals surface area contributed by atoms with Crippen LogP contribution in [0.25, 0.3) is 10.9 Å². The first-order chi connectivity index (χ1) is 10.2. The minimum atomic E-state index is 0.504. The quantitative estimate of drug-likeness (QED) is 0.508. The Labute approximate surface area is 131 Å². The van der Waals surface area contributed by atoms with E-state index in [1.807, 2.05) is 24.3 Å². The first kappa shape index (κ1) is 16.1. The Morgan fingerprint density at radius 1 is 1.14 bits per heavy atom. The molecule has 0 aliphatic rings. The van der Waals surface area contributed by atoms with E-state index in [2.05, 4.69) is 11.9 Å². The van der Waals surface area contributed by atoms with Crippen molar-refractivity contribution in [1.82, 2.24) is 4.98 Å². The zero-order valence-electron chi connectivity index (χ0n) is 12.7. The monoisotopic (exact) mass is 307 g/mol. The molecule has 1 aromatic carbocycles. The number of halogens is 1. The standard InChI is InChI=1S/C17H22ClNO2/c1-3-4-5-6-9-21-12-14-10-13-7-8-15(20-2)11-16(13)19-17(14)18/h7-8,10-11H,3-6,9,12H2,1-2H3. The summed E-state index contributed by atoms with van der Waals surface area (Å²) in [7, 11) is 1.64. The van der Waals surface area contributed by atoms with Crippen LogP contribution in [0.1, 0.15) is 38.2 Å². The van der Waals surface area contributed by atoms with Gasteiger partial charge in [-0.15, -0.1) is 0 Å². The third kappa shape index (κ3) is 4.58. The van der Waals surface area contributed by atoms with Gasteiger partial charge in [0.25, 0.3) is 0 Å². The van der Waals surface area contributed by atoms with Crippen molar-refractivity contribution >= 4 is 22.5 Å². The Kier molecular flexibility index (Phi) is 6.27. The van der Waals surface area contributed by atoms with E-state index in [-0.39, 0.29) is 0 Å². The number of hydrogen-bond acceptors (Lipinski definition) is 3. The van der Waals surface area contributed by atoms with Gasteiger partial charge in [-0.05, 0) is 24.6 Å². The average molecular weight is 308 g/mol. The van der Waals surface area contributed by atoms with Crippen LogP contribution in [0.4, 0.5) is 0 Å². The molecule has 0 spiro atoms. The SMILES string of the molecule is CCCCCCOCc1cc2ccc(OC)cc2nc1Cl. The van der Waals surface area contributed by atoms with Crippen molar-refractivity contribution in [3.8, 4) is 5.75 Å². The summed E-state index contributed by atoms with van der Waals surface area (Å²) in [5.74, 6) is 0.783. The van der Waals surface area contributed by atoms with Gasteiger partial charge in [-0.2, -0.15) is 0 Å². The molecule has 0 atom stereocenters. The maximum Gasteiger partial charge on any atom is 0.135 e. The van der Waals surface area contributed by atoms with Gasteiger partial charge in [-0.25, -0.2) is 4.98 Å². The Morgan fingerprint density at radius 2 is 2.00 bits per heavy atom. The summed E-state index contributed by atoms with van der Waals surface area (Å²) in [6, 6.07) is 7.84. The molecule has 1 aromatic heterocycles. The number of methoxy groups -OCH3 is 1. The minimum absolute atomic E-state index is 0.504. The second-order valence-corrected chi connectivity index (χ2v) is 5.47. The molecule has 0 N–H and O–H groups in total. The normalized spacial score (nSPS) is 11.0. The summed E-state index contributed by atoms with van der Waals surface area (Å²) >= 11 is 6.23. The van der Waals surface area contributed by atoms with Crippen molar-refractivity contribution in [1.29, 1.82) is 0 Å². The van der Waals surface area contributed by atoms with Crippen molar-refractivity contribution in [3.05, 3.63) is 35.0 Å². The highest BCUT2D eigenvalue weighted by Crippen LogP contribution is 2.24. The fraction of sp³-hybridized carbons (Fsp3) is 0.471. The van der Waals surface area contributed by atoms with Gasteiger partial charge in [0.1, 0.15) is 10.9 Å². The molecular weight excluding hydrogens is 286 g/mol. The summed E-state index contributed by atoms with van der Waals surface area (Å²) in [4.78, 5) is 4.42. The number of fused-ring (bicyclic) bond motifs is 1. The van der Waals surface area contributed by atoms with E-state index in [1.165, 1.54) is 19.3 Å². The zero-order valence-corrected chi connectivity index (χ0v) is 13.4. The van der Waals surface area contributed by atoms with Gasteiger partial charge in [-0.3, -0.25) is 0 Å². The van der Waals surface area contributed by atoms with Crippen LogP contribution in [0.15, 0.2) is 24.3 Å². The Balaban J connectivity index is 1.98. The Bertz CT molecular complexity index is 586. The highest BCUT2D eigenvalue weighted by atomic mass is 35.5. The first-order valence-electron chi connectivity index (χ1n) is 7.45. The number of nitrogens with zero attached hydrogens (tertiary/aromatic N) is 1. The molecule has 0 bridgehead atoms. The zero-order chi connectivity index (χ0) is 15.1. The molecule has 0 aliphatic heterocycles. The van der Waals surface area contributed by atoms with Crippen LogP contribution in [0.3, 0.4) is 0 Å². The fourth-order valence-corrected chi connectivity index (χ4v) is 2.41. The number of unbranched alkanes of at least 4 members (excludes halogenated alkanes) is 3. The van der Waals surface area contributed by atoms with Crippen molar-refractivity contribution in [2.75, 3.05) is 13.7 Å². The van der Waals surface area contributed by atoms with E-state index in [0.717, 1.165) is 35.2 Å². The number of hydrogen-bond donors (Lipinski definition) is 0. The van der Waals surface area contributed by atoms with E-state index in [0.29, 0.717) is 11.8 Å². The second kappa shape index (κ2) is 8.20. The van der Waals surface area contributed by atoms with Gasteiger partial charge in [0.05, 0.1) is 19.2 Å². The molecule has 114 valence electrons. The number of aromatic nitrogens is 1.